The van der Waals surface area contributed by atoms with Crippen molar-refractivity contribution in [2.75, 3.05) is 13.7 Å². The van der Waals surface area contributed by atoms with Gasteiger partial charge in [-0.1, -0.05) is 42.5 Å². The number of amides is 1. The molecule has 0 fully saturated rings. The fraction of sp³-hybridized carbons (Fsp3) is 0.115. The van der Waals surface area contributed by atoms with Gasteiger partial charge in [0.2, 0.25) is 0 Å². The third-order valence-corrected chi connectivity index (χ3v) is 5.43. The zero-order valence-corrected chi connectivity index (χ0v) is 18.2. The van der Waals surface area contributed by atoms with E-state index in [9.17, 15) is 4.79 Å². The molecule has 7 nitrogen and oxygen atoms in total. The average Bonchev–Trinajstić information content (AvgIpc) is 3.49. The number of rotatable bonds is 7. The van der Waals surface area contributed by atoms with Crippen molar-refractivity contribution in [2.24, 2.45) is 0 Å². The molecular weight excluding hydrogens is 414 g/mol. The molecule has 3 aromatic carbocycles. The first kappa shape index (κ1) is 20.5. The van der Waals surface area contributed by atoms with Crippen molar-refractivity contribution in [2.45, 2.75) is 6.42 Å². The zero-order chi connectivity index (χ0) is 22.6. The number of nitrogens with one attached hydrogen (secondary N) is 2. The second kappa shape index (κ2) is 9.00. The number of imidazole rings is 1. The van der Waals surface area contributed by atoms with Gasteiger partial charge < -0.3 is 15.0 Å². The molecule has 5 aromatic rings. The van der Waals surface area contributed by atoms with E-state index in [2.05, 4.69) is 15.3 Å². The lowest BCUT2D eigenvalue weighted by Crippen LogP contribution is -2.26. The van der Waals surface area contributed by atoms with Crippen LogP contribution < -0.4 is 10.1 Å². The number of nitrogens with zero attached hydrogens (tertiary/aromatic N) is 3. The molecule has 1 amide bonds. The van der Waals surface area contributed by atoms with Crippen molar-refractivity contribution < 1.29 is 9.53 Å². The molecule has 0 aliphatic carbocycles. The van der Waals surface area contributed by atoms with E-state index >= 15 is 0 Å². The minimum atomic E-state index is -0.200. The lowest BCUT2D eigenvalue weighted by molar-refractivity contribution is 0.0954. The van der Waals surface area contributed by atoms with E-state index in [0.717, 1.165) is 28.1 Å². The molecule has 0 unspecified atom stereocenters. The maximum Gasteiger partial charge on any atom is 0.255 e. The molecule has 2 N–H and O–H groups in total. The van der Waals surface area contributed by atoms with Crippen LogP contribution in [-0.2, 0) is 6.42 Å². The fourth-order valence-electron chi connectivity index (χ4n) is 3.81. The van der Waals surface area contributed by atoms with Crippen LogP contribution >= 0.6 is 0 Å². The number of para-hydroxylation sites is 4. The third-order valence-electron chi connectivity index (χ3n) is 5.43. The summed E-state index contributed by atoms with van der Waals surface area (Å²) in [7, 11) is 1.61. The van der Waals surface area contributed by atoms with Crippen molar-refractivity contribution >= 4 is 16.9 Å². The van der Waals surface area contributed by atoms with E-state index in [1.807, 2.05) is 78.9 Å². The molecule has 0 spiro atoms. The second-order valence-electron chi connectivity index (χ2n) is 7.58. The number of benzene rings is 3. The van der Waals surface area contributed by atoms with Crippen LogP contribution in [-0.4, -0.2) is 39.3 Å². The van der Waals surface area contributed by atoms with Crippen LogP contribution in [0.2, 0.25) is 0 Å². The van der Waals surface area contributed by atoms with Crippen molar-refractivity contribution in [1.82, 2.24) is 25.1 Å². The van der Waals surface area contributed by atoms with Crippen LogP contribution in [0.3, 0.4) is 0 Å². The Bertz CT molecular complexity index is 1370. The van der Waals surface area contributed by atoms with Gasteiger partial charge in [0.05, 0.1) is 29.4 Å². The summed E-state index contributed by atoms with van der Waals surface area (Å²) >= 11 is 0. The topological polar surface area (TPSA) is 84.8 Å². The molecule has 2 heterocycles. The Labute approximate surface area is 191 Å². The predicted octanol–water partition coefficient (Wildman–Crippen LogP) is 4.40. The maximum absolute atomic E-state index is 13.2. The number of hydrogen-bond acceptors (Lipinski definition) is 4. The van der Waals surface area contributed by atoms with Gasteiger partial charge in [0.25, 0.3) is 5.91 Å². The van der Waals surface area contributed by atoms with Crippen LogP contribution in [0.15, 0.2) is 85.1 Å². The standard InChI is InChI=1S/C26H23N5O2/c1-33-23-14-8-5-11-19(23)25-20(17-31(30-25)18-9-3-2-4-10-18)26(32)27-16-15-24-28-21-12-6-7-13-22(21)29-24/h2-14,17H,15-16H2,1H3,(H,27,32)(H,28,29). The van der Waals surface area contributed by atoms with E-state index in [1.165, 1.54) is 0 Å². The molecule has 2 aromatic heterocycles. The third kappa shape index (κ3) is 4.21. The smallest absolute Gasteiger partial charge is 0.255 e. The minimum absolute atomic E-state index is 0.200. The van der Waals surface area contributed by atoms with E-state index < -0.39 is 0 Å². The largest absolute Gasteiger partial charge is 0.496 e. The monoisotopic (exact) mass is 437 g/mol. The lowest BCUT2D eigenvalue weighted by atomic mass is 10.1. The van der Waals surface area contributed by atoms with Crippen molar-refractivity contribution in [1.29, 1.82) is 0 Å². The summed E-state index contributed by atoms with van der Waals surface area (Å²) in [6.45, 7) is 0.445. The Balaban J connectivity index is 1.41. The number of carbonyl (C=O) groups is 1. The van der Waals surface area contributed by atoms with Crippen molar-refractivity contribution in [3.05, 3.63) is 96.4 Å². The van der Waals surface area contributed by atoms with Crippen molar-refractivity contribution in [3.8, 4) is 22.7 Å². The molecule has 0 bridgehead atoms. The summed E-state index contributed by atoms with van der Waals surface area (Å²) in [4.78, 5) is 21.1. The van der Waals surface area contributed by atoms with Gasteiger partial charge in [-0.3, -0.25) is 4.79 Å². The highest BCUT2D eigenvalue weighted by Crippen LogP contribution is 2.31. The molecule has 0 saturated carbocycles. The van der Waals surface area contributed by atoms with E-state index in [-0.39, 0.29) is 5.91 Å². The molecule has 33 heavy (non-hydrogen) atoms. The van der Waals surface area contributed by atoms with Gasteiger partial charge >= 0.3 is 0 Å². The highest BCUT2D eigenvalue weighted by Gasteiger charge is 2.21. The number of aromatic nitrogens is 4. The number of carbonyl (C=O) groups excluding carboxylic acids is 1. The molecule has 0 radical (unpaired) electrons. The molecule has 5 rings (SSSR count). The number of ether oxygens (including phenoxy) is 1. The highest BCUT2D eigenvalue weighted by atomic mass is 16.5. The van der Waals surface area contributed by atoms with E-state index in [4.69, 9.17) is 9.84 Å². The van der Waals surface area contributed by atoms with Crippen LogP contribution in [0.25, 0.3) is 28.0 Å². The van der Waals surface area contributed by atoms with Gasteiger partial charge in [-0.05, 0) is 36.4 Å². The van der Waals surface area contributed by atoms with Crippen LogP contribution in [0.1, 0.15) is 16.2 Å². The summed E-state index contributed by atoms with van der Waals surface area (Å²) in [5.41, 5.74) is 4.58. The molecule has 7 heteroatoms. The van der Waals surface area contributed by atoms with Crippen molar-refractivity contribution in [3.63, 3.8) is 0 Å². The number of methoxy groups -OCH3 is 1. The average molecular weight is 438 g/mol. The van der Waals surface area contributed by atoms with Gasteiger partial charge in [0.1, 0.15) is 17.3 Å². The van der Waals surface area contributed by atoms with Crippen LogP contribution in [0.5, 0.6) is 5.75 Å². The first-order chi connectivity index (χ1) is 16.2. The van der Waals surface area contributed by atoms with Gasteiger partial charge in [0, 0.05) is 24.7 Å². The number of hydrogen-bond donors (Lipinski definition) is 2. The van der Waals surface area contributed by atoms with Gasteiger partial charge in [0.15, 0.2) is 0 Å². The Morgan fingerprint density at radius 1 is 1.00 bits per heavy atom. The Hall–Kier alpha value is -4.39. The summed E-state index contributed by atoms with van der Waals surface area (Å²) in [6, 6.07) is 25.2. The summed E-state index contributed by atoms with van der Waals surface area (Å²) in [6.07, 6.45) is 2.35. The molecule has 0 saturated heterocycles. The SMILES string of the molecule is COc1ccccc1-c1nn(-c2ccccc2)cc1C(=O)NCCc1nc2ccccc2[nH]1. The Kier molecular flexibility index (Phi) is 5.59. The zero-order valence-electron chi connectivity index (χ0n) is 18.2. The summed E-state index contributed by atoms with van der Waals surface area (Å²) < 4.78 is 7.24. The molecule has 164 valence electrons. The van der Waals surface area contributed by atoms with E-state index in [0.29, 0.717) is 30.0 Å². The second-order valence-corrected chi connectivity index (χ2v) is 7.58. The van der Waals surface area contributed by atoms with E-state index in [1.54, 1.807) is 18.0 Å². The lowest BCUT2D eigenvalue weighted by Gasteiger charge is -2.08. The highest BCUT2D eigenvalue weighted by molar-refractivity contribution is 6.00. The normalized spacial score (nSPS) is 10.9. The molecule has 0 aliphatic rings. The number of fused-ring (bicyclic) bond motifs is 1. The van der Waals surface area contributed by atoms with Gasteiger partial charge in [-0.2, -0.15) is 5.10 Å². The predicted molar refractivity (Wildman–Crippen MR) is 128 cm³/mol. The number of aromatic amines is 1. The Morgan fingerprint density at radius 2 is 1.76 bits per heavy atom. The van der Waals surface area contributed by atoms with Gasteiger partial charge in [-0.25, -0.2) is 9.67 Å². The summed E-state index contributed by atoms with van der Waals surface area (Å²) in [5.74, 6) is 1.29. The quantitative estimate of drug-likeness (QED) is 0.395. The van der Waals surface area contributed by atoms with Crippen LogP contribution in [0, 0.1) is 0 Å². The molecule has 0 aliphatic heterocycles. The van der Waals surface area contributed by atoms with Crippen LogP contribution in [0.4, 0.5) is 0 Å². The number of H-pyrrole nitrogens is 1. The maximum atomic E-state index is 13.2. The molecular formula is C26H23N5O2. The first-order valence-electron chi connectivity index (χ1n) is 10.7. The Morgan fingerprint density at radius 3 is 2.58 bits per heavy atom. The van der Waals surface area contributed by atoms with Gasteiger partial charge in [-0.15, -0.1) is 0 Å². The first-order valence-corrected chi connectivity index (χ1v) is 10.7. The fourth-order valence-corrected chi connectivity index (χ4v) is 3.81. The molecule has 0 atom stereocenters. The minimum Gasteiger partial charge on any atom is -0.496 e. The summed E-state index contributed by atoms with van der Waals surface area (Å²) in [5, 5.41) is 7.74.